The first-order valence-corrected chi connectivity index (χ1v) is 9.54. The Bertz CT molecular complexity index is 1390. The molecule has 0 unspecified atom stereocenters. The standard InChI is InChI=1S/C21H21F3N6O/c1-10(12-5-13(21(22,23)24)7-14(25)6-12)26-19-16-9-18-17(29(3)20(31)30(18)4)8-15(16)11(2)27-28-19/h5-10H,25H2,1-4H3,(H,26,28)/t10-/m1/s1. The number of nitrogens with zero attached hydrogens (tertiary/aromatic N) is 4. The SMILES string of the molecule is Cc1nnc(N[C@H](C)c2cc(N)cc(C(F)(F)F)c2)c2cc3c(cc12)n(C)c(=O)n3C. The summed E-state index contributed by atoms with van der Waals surface area (Å²) < 4.78 is 42.6. The van der Waals surface area contributed by atoms with Gasteiger partial charge >= 0.3 is 11.9 Å². The average Bonchev–Trinajstić information content (AvgIpc) is 2.92. The van der Waals surface area contributed by atoms with Gasteiger partial charge in [0.2, 0.25) is 0 Å². The van der Waals surface area contributed by atoms with Crippen LogP contribution in [0.15, 0.2) is 35.1 Å². The molecule has 0 fully saturated rings. The molecule has 162 valence electrons. The number of benzene rings is 2. The van der Waals surface area contributed by atoms with E-state index in [9.17, 15) is 18.0 Å². The lowest BCUT2D eigenvalue weighted by atomic mass is 10.0. The molecule has 0 radical (unpaired) electrons. The summed E-state index contributed by atoms with van der Waals surface area (Å²) in [5.41, 5.74) is 7.27. The van der Waals surface area contributed by atoms with Crippen molar-refractivity contribution in [3.8, 4) is 0 Å². The minimum Gasteiger partial charge on any atom is -0.399 e. The molecule has 0 amide bonds. The maximum absolute atomic E-state index is 13.2. The highest BCUT2D eigenvalue weighted by Gasteiger charge is 2.31. The van der Waals surface area contributed by atoms with Crippen LogP contribution >= 0.6 is 0 Å². The summed E-state index contributed by atoms with van der Waals surface area (Å²) in [6, 6.07) is 6.65. The first-order chi connectivity index (χ1) is 14.5. The minimum absolute atomic E-state index is 0.0271. The number of halogens is 3. The number of nitrogen functional groups attached to an aromatic ring is 1. The fraction of sp³-hybridized carbons (Fsp3) is 0.286. The molecule has 0 aliphatic heterocycles. The van der Waals surface area contributed by atoms with Crippen molar-refractivity contribution in [3.63, 3.8) is 0 Å². The van der Waals surface area contributed by atoms with Crippen molar-refractivity contribution in [2.45, 2.75) is 26.1 Å². The van der Waals surface area contributed by atoms with Gasteiger partial charge in [0.15, 0.2) is 5.82 Å². The number of fused-ring (bicyclic) bond motifs is 2. The van der Waals surface area contributed by atoms with Crippen LogP contribution in [0, 0.1) is 6.92 Å². The van der Waals surface area contributed by atoms with Gasteiger partial charge in [-0.25, -0.2) is 4.79 Å². The van der Waals surface area contributed by atoms with E-state index in [2.05, 4.69) is 15.5 Å². The van der Waals surface area contributed by atoms with E-state index in [1.165, 1.54) is 10.6 Å². The zero-order valence-corrected chi connectivity index (χ0v) is 17.4. The smallest absolute Gasteiger partial charge is 0.399 e. The largest absolute Gasteiger partial charge is 0.416 e. The highest BCUT2D eigenvalue weighted by molar-refractivity contribution is 6.01. The third-order valence-corrected chi connectivity index (χ3v) is 5.51. The first kappa shape index (κ1) is 20.7. The van der Waals surface area contributed by atoms with E-state index in [-0.39, 0.29) is 11.4 Å². The Balaban J connectivity index is 1.83. The highest BCUT2D eigenvalue weighted by atomic mass is 19.4. The lowest BCUT2D eigenvalue weighted by Gasteiger charge is -2.19. The van der Waals surface area contributed by atoms with Gasteiger partial charge in [0.25, 0.3) is 0 Å². The number of aromatic nitrogens is 4. The zero-order chi connectivity index (χ0) is 22.7. The Hall–Kier alpha value is -3.56. The molecular weight excluding hydrogens is 409 g/mol. The molecule has 10 heteroatoms. The Kier molecular flexibility index (Phi) is 4.68. The normalized spacial score (nSPS) is 13.1. The van der Waals surface area contributed by atoms with Crippen molar-refractivity contribution >= 4 is 33.3 Å². The monoisotopic (exact) mass is 430 g/mol. The van der Waals surface area contributed by atoms with Crippen molar-refractivity contribution in [1.29, 1.82) is 0 Å². The van der Waals surface area contributed by atoms with Crippen LogP contribution in [0.4, 0.5) is 24.7 Å². The van der Waals surface area contributed by atoms with Gasteiger partial charge in [0.05, 0.1) is 28.3 Å². The Labute approximate surface area is 175 Å². The molecule has 4 aromatic rings. The second-order valence-corrected chi connectivity index (χ2v) is 7.67. The molecule has 31 heavy (non-hydrogen) atoms. The summed E-state index contributed by atoms with van der Waals surface area (Å²) >= 11 is 0. The van der Waals surface area contributed by atoms with Crippen LogP contribution in [0.25, 0.3) is 21.8 Å². The molecular formula is C21H21F3N6O. The fourth-order valence-electron chi connectivity index (χ4n) is 3.76. The molecule has 2 aromatic heterocycles. The van der Waals surface area contributed by atoms with Crippen LogP contribution in [-0.4, -0.2) is 19.3 Å². The Morgan fingerprint density at radius 2 is 1.61 bits per heavy atom. The van der Waals surface area contributed by atoms with Gasteiger partial charge in [0, 0.05) is 30.6 Å². The van der Waals surface area contributed by atoms with Crippen molar-refractivity contribution in [2.24, 2.45) is 14.1 Å². The van der Waals surface area contributed by atoms with Crippen LogP contribution in [0.3, 0.4) is 0 Å². The third-order valence-electron chi connectivity index (χ3n) is 5.51. The summed E-state index contributed by atoms with van der Waals surface area (Å²) in [6.07, 6.45) is -4.50. The van der Waals surface area contributed by atoms with E-state index in [1.54, 1.807) is 25.6 Å². The molecule has 7 nitrogen and oxygen atoms in total. The molecule has 1 atom stereocenters. The number of nitrogens with one attached hydrogen (secondary N) is 1. The predicted octanol–water partition coefficient (Wildman–Crippen LogP) is 3.90. The number of anilines is 2. The molecule has 4 rings (SSSR count). The summed E-state index contributed by atoms with van der Waals surface area (Å²) in [7, 11) is 3.37. The van der Waals surface area contributed by atoms with E-state index in [4.69, 9.17) is 5.73 Å². The van der Waals surface area contributed by atoms with E-state index < -0.39 is 17.8 Å². The zero-order valence-electron chi connectivity index (χ0n) is 17.4. The second kappa shape index (κ2) is 7.00. The molecule has 0 aliphatic rings. The van der Waals surface area contributed by atoms with Crippen LogP contribution in [0.1, 0.15) is 29.8 Å². The Morgan fingerprint density at radius 3 is 2.23 bits per heavy atom. The number of alkyl halides is 3. The lowest BCUT2D eigenvalue weighted by Crippen LogP contribution is -2.19. The number of imidazole rings is 1. The van der Waals surface area contributed by atoms with E-state index in [0.717, 1.165) is 23.0 Å². The van der Waals surface area contributed by atoms with Crippen molar-refractivity contribution in [3.05, 3.63) is 57.6 Å². The number of hydrogen-bond donors (Lipinski definition) is 2. The van der Waals surface area contributed by atoms with Gasteiger partial charge in [0.1, 0.15) is 0 Å². The van der Waals surface area contributed by atoms with Crippen molar-refractivity contribution in [1.82, 2.24) is 19.3 Å². The minimum atomic E-state index is -4.50. The molecule has 0 saturated heterocycles. The van der Waals surface area contributed by atoms with E-state index in [0.29, 0.717) is 28.0 Å². The second-order valence-electron chi connectivity index (χ2n) is 7.67. The summed E-state index contributed by atoms with van der Waals surface area (Å²) in [6.45, 7) is 3.53. The van der Waals surface area contributed by atoms with Crippen LogP contribution < -0.4 is 16.7 Å². The van der Waals surface area contributed by atoms with Crippen LogP contribution in [0.2, 0.25) is 0 Å². The number of rotatable bonds is 3. The molecule has 0 spiro atoms. The average molecular weight is 430 g/mol. The molecule has 0 aliphatic carbocycles. The first-order valence-electron chi connectivity index (χ1n) is 9.54. The van der Waals surface area contributed by atoms with Gasteiger partial charge in [-0.2, -0.15) is 18.3 Å². The number of aryl methyl sites for hydroxylation is 3. The van der Waals surface area contributed by atoms with Crippen LogP contribution in [-0.2, 0) is 20.3 Å². The summed E-state index contributed by atoms with van der Waals surface area (Å²) in [5.74, 6) is 0.405. The lowest BCUT2D eigenvalue weighted by molar-refractivity contribution is -0.137. The van der Waals surface area contributed by atoms with Gasteiger partial charge in [-0.05, 0) is 49.7 Å². The van der Waals surface area contributed by atoms with Gasteiger partial charge in [-0.3, -0.25) is 9.13 Å². The topological polar surface area (TPSA) is 90.8 Å². The maximum atomic E-state index is 13.2. The van der Waals surface area contributed by atoms with E-state index >= 15 is 0 Å². The molecule has 2 aromatic carbocycles. The third kappa shape index (κ3) is 3.47. The Morgan fingerprint density at radius 1 is 1.00 bits per heavy atom. The maximum Gasteiger partial charge on any atom is 0.416 e. The van der Waals surface area contributed by atoms with Crippen molar-refractivity contribution < 1.29 is 13.2 Å². The summed E-state index contributed by atoms with van der Waals surface area (Å²) in [5, 5.41) is 13.1. The summed E-state index contributed by atoms with van der Waals surface area (Å²) in [4.78, 5) is 12.3. The van der Waals surface area contributed by atoms with Gasteiger partial charge in [-0.1, -0.05) is 0 Å². The molecule has 2 heterocycles. The molecule has 0 saturated carbocycles. The number of hydrogen-bond acceptors (Lipinski definition) is 5. The van der Waals surface area contributed by atoms with Gasteiger partial charge in [-0.15, -0.1) is 5.10 Å². The number of nitrogens with two attached hydrogens (primary N) is 1. The highest BCUT2D eigenvalue weighted by Crippen LogP contribution is 2.34. The fourth-order valence-corrected chi connectivity index (χ4v) is 3.76. The predicted molar refractivity (Wildman–Crippen MR) is 114 cm³/mol. The molecule has 0 bridgehead atoms. The van der Waals surface area contributed by atoms with Crippen LogP contribution in [0.5, 0.6) is 0 Å². The van der Waals surface area contributed by atoms with Gasteiger partial charge < -0.3 is 11.1 Å². The van der Waals surface area contributed by atoms with Crippen molar-refractivity contribution in [2.75, 3.05) is 11.1 Å². The quantitative estimate of drug-likeness (QED) is 0.481. The molecule has 3 N–H and O–H groups in total. The van der Waals surface area contributed by atoms with E-state index in [1.807, 2.05) is 19.1 Å².